The lowest BCUT2D eigenvalue weighted by molar-refractivity contribution is 0.292. The normalized spacial score (nSPS) is 10.1. The van der Waals surface area contributed by atoms with Gasteiger partial charge >= 0.3 is 0 Å². The first kappa shape index (κ1) is 10.6. The summed E-state index contributed by atoms with van der Waals surface area (Å²) in [5.41, 5.74) is 0. The lowest BCUT2D eigenvalue weighted by Crippen LogP contribution is -2.05. The molecule has 0 saturated heterocycles. The number of halogens is 2. The summed E-state index contributed by atoms with van der Waals surface area (Å²) in [5.74, 6) is 0.558. The molecule has 1 rings (SSSR count). The molecule has 1 aromatic rings. The highest BCUT2D eigenvalue weighted by molar-refractivity contribution is 6.34. The summed E-state index contributed by atoms with van der Waals surface area (Å²) in [7, 11) is 0. The minimum atomic E-state index is 0.144. The van der Waals surface area contributed by atoms with Gasteiger partial charge < -0.3 is 10.4 Å². The first-order valence-electron chi connectivity index (χ1n) is 3.91. The van der Waals surface area contributed by atoms with Crippen LogP contribution in [0.5, 0.6) is 0 Å². The summed E-state index contributed by atoms with van der Waals surface area (Å²) < 4.78 is 0. The SMILES string of the molecule is OCCCNc1nc(Cl)ccc1Cl. The first-order chi connectivity index (χ1) is 6.24. The van der Waals surface area contributed by atoms with Crippen LogP contribution < -0.4 is 5.32 Å². The second-order valence-electron chi connectivity index (χ2n) is 2.47. The number of pyridine rings is 1. The van der Waals surface area contributed by atoms with Crippen LogP contribution in [-0.4, -0.2) is 23.2 Å². The Bertz CT molecular complexity index is 281. The molecule has 0 spiro atoms. The number of aromatic nitrogens is 1. The molecule has 5 heteroatoms. The molecule has 0 bridgehead atoms. The minimum Gasteiger partial charge on any atom is -0.396 e. The largest absolute Gasteiger partial charge is 0.396 e. The summed E-state index contributed by atoms with van der Waals surface area (Å²) in [4.78, 5) is 3.99. The van der Waals surface area contributed by atoms with Crippen molar-refractivity contribution in [3.8, 4) is 0 Å². The second-order valence-corrected chi connectivity index (χ2v) is 3.26. The molecule has 0 unspecified atom stereocenters. The van der Waals surface area contributed by atoms with Crippen LogP contribution in [0.25, 0.3) is 0 Å². The van der Waals surface area contributed by atoms with Crippen molar-refractivity contribution in [1.29, 1.82) is 0 Å². The fourth-order valence-electron chi connectivity index (χ4n) is 0.828. The number of nitrogens with one attached hydrogen (secondary N) is 1. The summed E-state index contributed by atoms with van der Waals surface area (Å²) >= 11 is 11.5. The van der Waals surface area contributed by atoms with Crippen molar-refractivity contribution in [3.63, 3.8) is 0 Å². The van der Waals surface area contributed by atoms with Gasteiger partial charge in [-0.3, -0.25) is 0 Å². The van der Waals surface area contributed by atoms with E-state index in [4.69, 9.17) is 28.3 Å². The Morgan fingerprint density at radius 1 is 1.38 bits per heavy atom. The van der Waals surface area contributed by atoms with Crippen molar-refractivity contribution in [2.45, 2.75) is 6.42 Å². The molecule has 3 nitrogen and oxygen atoms in total. The van der Waals surface area contributed by atoms with E-state index in [1.807, 2.05) is 0 Å². The van der Waals surface area contributed by atoms with Crippen LogP contribution >= 0.6 is 23.2 Å². The predicted molar refractivity (Wildman–Crippen MR) is 54.4 cm³/mol. The Balaban J connectivity index is 2.59. The first-order valence-corrected chi connectivity index (χ1v) is 4.66. The smallest absolute Gasteiger partial charge is 0.146 e. The molecule has 0 atom stereocenters. The zero-order valence-corrected chi connectivity index (χ0v) is 8.44. The quantitative estimate of drug-likeness (QED) is 0.605. The summed E-state index contributed by atoms with van der Waals surface area (Å²) in [6, 6.07) is 3.30. The molecule has 0 saturated carbocycles. The van der Waals surface area contributed by atoms with E-state index in [0.717, 1.165) is 0 Å². The van der Waals surface area contributed by atoms with Crippen molar-refractivity contribution < 1.29 is 5.11 Å². The molecule has 13 heavy (non-hydrogen) atoms. The van der Waals surface area contributed by atoms with Gasteiger partial charge in [0.05, 0.1) is 5.02 Å². The molecule has 0 aliphatic carbocycles. The number of anilines is 1. The lowest BCUT2D eigenvalue weighted by atomic mass is 10.4. The standard InChI is InChI=1S/C8H10Cl2N2O/c9-6-2-3-7(10)12-8(6)11-4-1-5-13/h2-3,13H,1,4-5H2,(H,11,12). The predicted octanol–water partition coefficient (Wildman–Crippen LogP) is 2.18. The number of rotatable bonds is 4. The van der Waals surface area contributed by atoms with Crippen molar-refractivity contribution >= 4 is 29.0 Å². The molecule has 2 N–H and O–H groups in total. The van der Waals surface area contributed by atoms with Gasteiger partial charge in [0.15, 0.2) is 0 Å². The van der Waals surface area contributed by atoms with E-state index in [2.05, 4.69) is 10.3 Å². The monoisotopic (exact) mass is 220 g/mol. The average Bonchev–Trinajstić information content (AvgIpc) is 2.11. The van der Waals surface area contributed by atoms with Gasteiger partial charge in [0.2, 0.25) is 0 Å². The third-order valence-corrected chi connectivity index (χ3v) is 1.95. The number of aliphatic hydroxyl groups excluding tert-OH is 1. The maximum Gasteiger partial charge on any atom is 0.146 e. The van der Waals surface area contributed by atoms with Crippen LogP contribution in [-0.2, 0) is 0 Å². The third kappa shape index (κ3) is 3.38. The molecule has 1 heterocycles. The summed E-state index contributed by atoms with van der Waals surface area (Å²) in [6.07, 6.45) is 0.657. The van der Waals surface area contributed by atoms with Gasteiger partial charge in [-0.2, -0.15) is 0 Å². The van der Waals surface area contributed by atoms with E-state index in [1.165, 1.54) is 0 Å². The van der Waals surface area contributed by atoms with E-state index >= 15 is 0 Å². The topological polar surface area (TPSA) is 45.1 Å². The van der Waals surface area contributed by atoms with Crippen molar-refractivity contribution in [2.24, 2.45) is 0 Å². The Kier molecular flexibility index (Phi) is 4.28. The fourth-order valence-corrected chi connectivity index (χ4v) is 1.15. The van der Waals surface area contributed by atoms with Gasteiger partial charge in [-0.15, -0.1) is 0 Å². The third-order valence-electron chi connectivity index (χ3n) is 1.44. The van der Waals surface area contributed by atoms with Gasteiger partial charge in [-0.1, -0.05) is 23.2 Å². The van der Waals surface area contributed by atoms with Crippen LogP contribution in [0, 0.1) is 0 Å². The van der Waals surface area contributed by atoms with E-state index in [-0.39, 0.29) is 6.61 Å². The molecular formula is C8H10Cl2N2O. The van der Waals surface area contributed by atoms with Gasteiger partial charge in [0.1, 0.15) is 11.0 Å². The van der Waals surface area contributed by atoms with Gasteiger partial charge in [0, 0.05) is 13.2 Å². The van der Waals surface area contributed by atoms with Gasteiger partial charge in [-0.25, -0.2) is 4.98 Å². The molecular weight excluding hydrogens is 211 g/mol. The number of aliphatic hydroxyl groups is 1. The van der Waals surface area contributed by atoms with Crippen LogP contribution in [0.2, 0.25) is 10.2 Å². The summed E-state index contributed by atoms with van der Waals surface area (Å²) in [6.45, 7) is 0.773. The molecule has 72 valence electrons. The molecule has 1 aromatic heterocycles. The lowest BCUT2D eigenvalue weighted by Gasteiger charge is -2.05. The maximum atomic E-state index is 8.55. The van der Waals surface area contributed by atoms with Crippen LogP contribution in [0.4, 0.5) is 5.82 Å². The maximum absolute atomic E-state index is 8.55. The molecule has 0 aliphatic heterocycles. The van der Waals surface area contributed by atoms with E-state index < -0.39 is 0 Å². The molecule has 0 aromatic carbocycles. The zero-order chi connectivity index (χ0) is 9.68. The van der Waals surface area contributed by atoms with Crippen molar-refractivity contribution in [2.75, 3.05) is 18.5 Å². The highest BCUT2D eigenvalue weighted by atomic mass is 35.5. The Labute approximate surface area is 86.7 Å². The number of hydrogen-bond donors (Lipinski definition) is 2. The van der Waals surface area contributed by atoms with Gasteiger partial charge in [0.25, 0.3) is 0 Å². The van der Waals surface area contributed by atoms with Crippen LogP contribution in [0.1, 0.15) is 6.42 Å². The van der Waals surface area contributed by atoms with Crippen molar-refractivity contribution in [1.82, 2.24) is 4.98 Å². The molecule has 0 aliphatic rings. The Hall–Kier alpha value is -0.510. The van der Waals surface area contributed by atoms with E-state index in [9.17, 15) is 0 Å². The molecule has 0 radical (unpaired) electrons. The van der Waals surface area contributed by atoms with Crippen LogP contribution in [0.15, 0.2) is 12.1 Å². The summed E-state index contributed by atoms with van der Waals surface area (Å²) in [5, 5.41) is 12.4. The van der Waals surface area contributed by atoms with E-state index in [1.54, 1.807) is 12.1 Å². The highest BCUT2D eigenvalue weighted by Gasteiger charge is 2.01. The van der Waals surface area contributed by atoms with Crippen molar-refractivity contribution in [3.05, 3.63) is 22.3 Å². The van der Waals surface area contributed by atoms with Gasteiger partial charge in [-0.05, 0) is 18.6 Å². The van der Waals surface area contributed by atoms with E-state index in [0.29, 0.717) is 29.0 Å². The average molecular weight is 221 g/mol. The minimum absolute atomic E-state index is 0.144. The molecule has 0 fully saturated rings. The zero-order valence-electron chi connectivity index (χ0n) is 6.93. The van der Waals surface area contributed by atoms with Crippen LogP contribution in [0.3, 0.4) is 0 Å². The second kappa shape index (κ2) is 5.27. The fraction of sp³-hybridized carbons (Fsp3) is 0.375. The number of nitrogens with zero attached hydrogens (tertiary/aromatic N) is 1. The number of hydrogen-bond acceptors (Lipinski definition) is 3. The highest BCUT2D eigenvalue weighted by Crippen LogP contribution is 2.21. The molecule has 0 amide bonds. The Morgan fingerprint density at radius 3 is 2.85 bits per heavy atom. The Morgan fingerprint density at radius 2 is 2.15 bits per heavy atom.